The third kappa shape index (κ3) is 2.20. The first kappa shape index (κ1) is 15.8. The van der Waals surface area contributed by atoms with Crippen molar-refractivity contribution in [1.82, 2.24) is 14.9 Å². The summed E-state index contributed by atoms with van der Waals surface area (Å²) in [5, 5.41) is 2.05. The van der Waals surface area contributed by atoms with Gasteiger partial charge in [-0.05, 0) is 13.3 Å². The molecular weight excluding hydrogens is 321 g/mol. The first-order chi connectivity index (χ1) is 9.77. The molecule has 0 saturated carbocycles. The number of fused-ring (bicyclic) bond motifs is 1. The van der Waals surface area contributed by atoms with E-state index in [0.29, 0.717) is 0 Å². The van der Waals surface area contributed by atoms with Crippen LogP contribution in [0.3, 0.4) is 0 Å². The van der Waals surface area contributed by atoms with Gasteiger partial charge in [0.15, 0.2) is 10.3 Å². The number of carbonyl (C=O) groups is 2. The van der Waals surface area contributed by atoms with E-state index in [9.17, 15) is 14.4 Å². The standard InChI is InChI=1S/C12H13Cl2N3O4/c1-12(11(20)15-2)4-5(10(19)21-3)17-6(12)7(13)16-8(14)9(17)18/h5H,4H2,1-3H3,(H,15,20)/t5-,12+/m0/s1. The molecule has 0 spiro atoms. The van der Waals surface area contributed by atoms with Crippen LogP contribution in [-0.4, -0.2) is 35.6 Å². The number of rotatable bonds is 2. The highest BCUT2D eigenvalue weighted by Crippen LogP contribution is 2.43. The molecule has 1 aromatic heterocycles. The van der Waals surface area contributed by atoms with E-state index in [-0.39, 0.29) is 28.3 Å². The van der Waals surface area contributed by atoms with Crippen molar-refractivity contribution in [3.63, 3.8) is 0 Å². The number of nitrogens with zero attached hydrogens (tertiary/aromatic N) is 2. The number of hydrogen-bond acceptors (Lipinski definition) is 5. The van der Waals surface area contributed by atoms with Crippen molar-refractivity contribution < 1.29 is 14.3 Å². The van der Waals surface area contributed by atoms with Crippen LogP contribution in [0.15, 0.2) is 4.79 Å². The zero-order valence-corrected chi connectivity index (χ0v) is 13.1. The van der Waals surface area contributed by atoms with Gasteiger partial charge in [0.2, 0.25) is 5.91 Å². The largest absolute Gasteiger partial charge is 0.467 e. The number of halogens is 2. The quantitative estimate of drug-likeness (QED) is 0.803. The fraction of sp³-hybridized carbons (Fsp3) is 0.500. The Morgan fingerprint density at radius 2 is 2.05 bits per heavy atom. The van der Waals surface area contributed by atoms with Crippen molar-refractivity contribution >= 4 is 35.1 Å². The Hall–Kier alpha value is -1.60. The zero-order valence-electron chi connectivity index (χ0n) is 11.6. The van der Waals surface area contributed by atoms with E-state index in [1.165, 1.54) is 14.2 Å². The number of carbonyl (C=O) groups excluding carboxylic acids is 2. The first-order valence-electron chi connectivity index (χ1n) is 6.06. The number of amides is 1. The monoisotopic (exact) mass is 333 g/mol. The number of likely N-dealkylation sites (N-methyl/N-ethyl adjacent to an activating group) is 1. The molecule has 0 aliphatic carbocycles. The van der Waals surface area contributed by atoms with Gasteiger partial charge in [0.05, 0.1) is 18.2 Å². The van der Waals surface area contributed by atoms with Crippen LogP contribution in [0.25, 0.3) is 0 Å². The summed E-state index contributed by atoms with van der Waals surface area (Å²) < 4.78 is 5.79. The minimum absolute atomic E-state index is 0.0380. The lowest BCUT2D eigenvalue weighted by Crippen LogP contribution is -2.40. The lowest BCUT2D eigenvalue weighted by atomic mass is 9.83. The summed E-state index contributed by atoms with van der Waals surface area (Å²) >= 11 is 11.8. The van der Waals surface area contributed by atoms with Crippen LogP contribution in [0, 0.1) is 0 Å². The molecule has 2 atom stereocenters. The molecule has 1 amide bonds. The van der Waals surface area contributed by atoms with Crippen molar-refractivity contribution in [2.75, 3.05) is 14.2 Å². The number of hydrogen-bond donors (Lipinski definition) is 1. The van der Waals surface area contributed by atoms with Crippen molar-refractivity contribution in [1.29, 1.82) is 0 Å². The molecule has 9 heteroatoms. The van der Waals surface area contributed by atoms with Crippen molar-refractivity contribution in [2.24, 2.45) is 0 Å². The summed E-state index contributed by atoms with van der Waals surface area (Å²) in [6, 6.07) is -0.974. The SMILES string of the molecule is CNC(=O)[C@]1(C)C[C@@H](C(=O)OC)n2c1c(Cl)nc(Cl)c2=O. The number of aromatic nitrogens is 2. The summed E-state index contributed by atoms with van der Waals surface area (Å²) in [4.78, 5) is 40.1. The van der Waals surface area contributed by atoms with Crippen LogP contribution < -0.4 is 10.9 Å². The van der Waals surface area contributed by atoms with Gasteiger partial charge in [-0.25, -0.2) is 9.78 Å². The topological polar surface area (TPSA) is 90.3 Å². The summed E-state index contributed by atoms with van der Waals surface area (Å²) in [6.45, 7) is 1.58. The van der Waals surface area contributed by atoms with Crippen molar-refractivity contribution in [3.05, 3.63) is 26.4 Å². The van der Waals surface area contributed by atoms with E-state index in [1.807, 2.05) is 0 Å². The summed E-state index contributed by atoms with van der Waals surface area (Å²) in [5.41, 5.74) is -1.70. The number of methoxy groups -OCH3 is 1. The molecule has 0 saturated heterocycles. The van der Waals surface area contributed by atoms with Gasteiger partial charge >= 0.3 is 5.97 Å². The van der Waals surface area contributed by atoms with Crippen molar-refractivity contribution in [3.8, 4) is 0 Å². The van der Waals surface area contributed by atoms with E-state index in [2.05, 4.69) is 10.3 Å². The van der Waals surface area contributed by atoms with Crippen LogP contribution >= 0.6 is 23.2 Å². The Labute approximate surface area is 130 Å². The van der Waals surface area contributed by atoms with Gasteiger partial charge < -0.3 is 10.1 Å². The maximum Gasteiger partial charge on any atom is 0.329 e. The second kappa shape index (κ2) is 5.31. The zero-order chi connectivity index (χ0) is 15.9. The Morgan fingerprint density at radius 3 is 2.57 bits per heavy atom. The highest BCUT2D eigenvalue weighted by atomic mass is 35.5. The van der Waals surface area contributed by atoms with Gasteiger partial charge in [-0.2, -0.15) is 0 Å². The van der Waals surface area contributed by atoms with E-state index in [4.69, 9.17) is 27.9 Å². The van der Waals surface area contributed by atoms with Gasteiger partial charge in [0, 0.05) is 7.05 Å². The third-order valence-electron chi connectivity index (χ3n) is 3.67. The highest BCUT2D eigenvalue weighted by molar-refractivity contribution is 6.33. The Balaban J connectivity index is 2.80. The molecule has 0 fully saturated rings. The molecule has 0 radical (unpaired) electrons. The van der Waals surface area contributed by atoms with Gasteiger partial charge in [0.25, 0.3) is 5.56 Å². The lowest BCUT2D eigenvalue weighted by molar-refractivity contribution is -0.144. The normalized spacial score (nSPS) is 23.6. The molecule has 114 valence electrons. The fourth-order valence-corrected chi connectivity index (χ4v) is 3.26. The van der Waals surface area contributed by atoms with E-state index < -0.39 is 23.0 Å². The molecule has 2 rings (SSSR count). The van der Waals surface area contributed by atoms with Crippen LogP contribution in [0.5, 0.6) is 0 Å². The molecule has 1 aliphatic rings. The Bertz CT molecular complexity index is 688. The van der Waals surface area contributed by atoms with Gasteiger partial charge in [0.1, 0.15) is 6.04 Å². The van der Waals surface area contributed by atoms with Gasteiger partial charge in [-0.1, -0.05) is 23.2 Å². The number of ether oxygens (including phenoxy) is 1. The second-order valence-electron chi connectivity index (χ2n) is 4.87. The summed E-state index contributed by atoms with van der Waals surface area (Å²) in [6.07, 6.45) is 0.0380. The molecular formula is C12H13Cl2N3O4. The number of esters is 1. The average Bonchev–Trinajstić information content (AvgIpc) is 2.78. The maximum absolute atomic E-state index is 12.2. The smallest absolute Gasteiger partial charge is 0.329 e. The summed E-state index contributed by atoms with van der Waals surface area (Å²) in [7, 11) is 2.66. The molecule has 7 nitrogen and oxygen atoms in total. The molecule has 0 unspecified atom stereocenters. The van der Waals surface area contributed by atoms with Gasteiger partial charge in [-0.3, -0.25) is 14.2 Å². The molecule has 21 heavy (non-hydrogen) atoms. The average molecular weight is 334 g/mol. The first-order valence-corrected chi connectivity index (χ1v) is 6.81. The predicted octanol–water partition coefficient (Wildman–Crippen LogP) is 0.672. The molecule has 0 aromatic carbocycles. The molecule has 1 N–H and O–H groups in total. The molecule has 1 aromatic rings. The molecule has 0 bridgehead atoms. The third-order valence-corrected chi connectivity index (χ3v) is 4.18. The molecule has 2 heterocycles. The number of nitrogens with one attached hydrogen (secondary N) is 1. The maximum atomic E-state index is 12.2. The van der Waals surface area contributed by atoms with E-state index >= 15 is 0 Å². The minimum Gasteiger partial charge on any atom is -0.467 e. The van der Waals surface area contributed by atoms with Crippen LogP contribution in [-0.2, 0) is 19.7 Å². The Morgan fingerprint density at radius 1 is 1.43 bits per heavy atom. The second-order valence-corrected chi connectivity index (χ2v) is 5.59. The Kier molecular flexibility index (Phi) is 3.99. The summed E-state index contributed by atoms with van der Waals surface area (Å²) in [5.74, 6) is -1.03. The van der Waals surface area contributed by atoms with E-state index in [1.54, 1.807) is 6.92 Å². The molecule has 1 aliphatic heterocycles. The van der Waals surface area contributed by atoms with Crippen molar-refractivity contribution in [2.45, 2.75) is 24.8 Å². The predicted molar refractivity (Wildman–Crippen MR) is 75.6 cm³/mol. The highest BCUT2D eigenvalue weighted by Gasteiger charge is 2.51. The minimum atomic E-state index is -1.18. The van der Waals surface area contributed by atoms with Crippen LogP contribution in [0.4, 0.5) is 0 Å². The fourth-order valence-electron chi connectivity index (χ4n) is 2.65. The van der Waals surface area contributed by atoms with Crippen LogP contribution in [0.2, 0.25) is 10.3 Å². The lowest BCUT2D eigenvalue weighted by Gasteiger charge is -2.22. The van der Waals surface area contributed by atoms with Crippen LogP contribution in [0.1, 0.15) is 25.1 Å². The van der Waals surface area contributed by atoms with E-state index in [0.717, 1.165) is 4.57 Å². The van der Waals surface area contributed by atoms with Gasteiger partial charge in [-0.15, -0.1) is 0 Å².